The molecular weight excluding hydrogens is 122 g/mol. The van der Waals surface area contributed by atoms with Crippen LogP contribution in [0, 0.1) is 5.92 Å². The molecule has 0 bridgehead atoms. The highest BCUT2D eigenvalue weighted by Gasteiger charge is 2.15. The molecule has 0 spiro atoms. The lowest BCUT2D eigenvalue weighted by Gasteiger charge is -2.17. The maximum atomic E-state index is 5.93. The van der Waals surface area contributed by atoms with E-state index in [9.17, 15) is 0 Å². The van der Waals surface area contributed by atoms with Gasteiger partial charge in [0.05, 0.1) is 0 Å². The molecule has 1 aliphatic rings. The largest absolute Gasteiger partial charge is 0.327 e. The van der Waals surface area contributed by atoms with Gasteiger partial charge in [-0.15, -0.1) is 0 Å². The SMILES string of the molecule is CC1=CCCCC(N)C1C. The maximum absolute atomic E-state index is 5.93. The van der Waals surface area contributed by atoms with Crippen LogP contribution in [0.3, 0.4) is 0 Å². The van der Waals surface area contributed by atoms with Crippen molar-refractivity contribution in [2.24, 2.45) is 11.7 Å². The average Bonchev–Trinajstić information content (AvgIpc) is 2.04. The molecule has 1 heteroatoms. The zero-order valence-electron chi connectivity index (χ0n) is 6.93. The molecule has 1 nitrogen and oxygen atoms in total. The van der Waals surface area contributed by atoms with Gasteiger partial charge in [0.1, 0.15) is 0 Å². The number of hydrogen-bond donors (Lipinski definition) is 1. The standard InChI is InChI=1S/C9H17N/c1-7-5-3-4-6-9(10)8(7)2/h5,8-9H,3-4,6,10H2,1-2H3. The highest BCUT2D eigenvalue weighted by atomic mass is 14.6. The molecule has 2 N–H and O–H groups in total. The van der Waals surface area contributed by atoms with E-state index in [2.05, 4.69) is 19.9 Å². The summed E-state index contributed by atoms with van der Waals surface area (Å²) in [4.78, 5) is 0. The first-order valence-corrected chi connectivity index (χ1v) is 4.14. The molecule has 0 heterocycles. The zero-order chi connectivity index (χ0) is 7.56. The number of rotatable bonds is 0. The van der Waals surface area contributed by atoms with Crippen molar-refractivity contribution in [2.75, 3.05) is 0 Å². The van der Waals surface area contributed by atoms with Crippen LogP contribution in [-0.4, -0.2) is 6.04 Å². The van der Waals surface area contributed by atoms with Crippen LogP contribution < -0.4 is 5.73 Å². The Kier molecular flexibility index (Phi) is 2.50. The van der Waals surface area contributed by atoms with Gasteiger partial charge in [-0.2, -0.15) is 0 Å². The van der Waals surface area contributed by atoms with Crippen molar-refractivity contribution in [1.29, 1.82) is 0 Å². The highest BCUT2D eigenvalue weighted by molar-refractivity contribution is 5.07. The molecule has 0 radical (unpaired) electrons. The van der Waals surface area contributed by atoms with Crippen LogP contribution >= 0.6 is 0 Å². The maximum Gasteiger partial charge on any atom is 0.0102 e. The Morgan fingerprint density at radius 2 is 2.30 bits per heavy atom. The summed E-state index contributed by atoms with van der Waals surface area (Å²) in [6.07, 6.45) is 6.01. The van der Waals surface area contributed by atoms with Crippen LogP contribution in [0.4, 0.5) is 0 Å². The second-order valence-electron chi connectivity index (χ2n) is 3.33. The molecule has 10 heavy (non-hydrogen) atoms. The van der Waals surface area contributed by atoms with Crippen molar-refractivity contribution < 1.29 is 0 Å². The number of hydrogen-bond acceptors (Lipinski definition) is 1. The van der Waals surface area contributed by atoms with E-state index in [1.54, 1.807) is 0 Å². The molecule has 1 rings (SSSR count). The Bertz CT molecular complexity index is 138. The van der Waals surface area contributed by atoms with Crippen LogP contribution in [0.15, 0.2) is 11.6 Å². The summed E-state index contributed by atoms with van der Waals surface area (Å²) in [7, 11) is 0. The summed E-state index contributed by atoms with van der Waals surface area (Å²) in [6, 6.07) is 0.402. The van der Waals surface area contributed by atoms with Crippen molar-refractivity contribution in [3.8, 4) is 0 Å². The summed E-state index contributed by atoms with van der Waals surface area (Å²) >= 11 is 0. The molecule has 1 aliphatic carbocycles. The van der Waals surface area contributed by atoms with Crippen molar-refractivity contribution in [2.45, 2.75) is 39.2 Å². The smallest absolute Gasteiger partial charge is 0.0102 e. The van der Waals surface area contributed by atoms with Gasteiger partial charge in [-0.3, -0.25) is 0 Å². The van der Waals surface area contributed by atoms with Gasteiger partial charge >= 0.3 is 0 Å². The van der Waals surface area contributed by atoms with E-state index in [1.165, 1.54) is 24.8 Å². The topological polar surface area (TPSA) is 26.0 Å². The van der Waals surface area contributed by atoms with E-state index in [4.69, 9.17) is 5.73 Å². The summed E-state index contributed by atoms with van der Waals surface area (Å²) in [5, 5.41) is 0. The molecule has 2 atom stereocenters. The fraction of sp³-hybridized carbons (Fsp3) is 0.778. The third-order valence-electron chi connectivity index (χ3n) is 2.57. The normalized spacial score (nSPS) is 34.9. The Morgan fingerprint density at radius 3 is 3.00 bits per heavy atom. The Labute approximate surface area is 63.3 Å². The van der Waals surface area contributed by atoms with Crippen LogP contribution in [0.2, 0.25) is 0 Å². The summed E-state index contributed by atoms with van der Waals surface area (Å²) in [5.41, 5.74) is 7.40. The Hall–Kier alpha value is -0.300. The minimum absolute atomic E-state index is 0.402. The van der Waals surface area contributed by atoms with E-state index in [-0.39, 0.29) is 0 Å². The monoisotopic (exact) mass is 139 g/mol. The number of nitrogens with two attached hydrogens (primary N) is 1. The van der Waals surface area contributed by atoms with E-state index in [0.717, 1.165) is 0 Å². The molecule has 0 aromatic heterocycles. The van der Waals surface area contributed by atoms with E-state index in [0.29, 0.717) is 12.0 Å². The summed E-state index contributed by atoms with van der Waals surface area (Å²) in [5.74, 6) is 0.600. The predicted molar refractivity (Wildman–Crippen MR) is 44.7 cm³/mol. The lowest BCUT2D eigenvalue weighted by molar-refractivity contribution is 0.487. The second kappa shape index (κ2) is 3.20. The fourth-order valence-electron chi connectivity index (χ4n) is 1.46. The fourth-order valence-corrected chi connectivity index (χ4v) is 1.46. The minimum atomic E-state index is 0.402. The highest BCUT2D eigenvalue weighted by Crippen LogP contribution is 2.21. The molecule has 0 amide bonds. The van der Waals surface area contributed by atoms with E-state index >= 15 is 0 Å². The summed E-state index contributed by atoms with van der Waals surface area (Å²) in [6.45, 7) is 4.41. The first-order chi connectivity index (χ1) is 4.72. The van der Waals surface area contributed by atoms with Crippen molar-refractivity contribution in [3.63, 3.8) is 0 Å². The molecule has 0 aromatic carbocycles. The van der Waals surface area contributed by atoms with E-state index < -0.39 is 0 Å². The van der Waals surface area contributed by atoms with Crippen LogP contribution in [-0.2, 0) is 0 Å². The minimum Gasteiger partial charge on any atom is -0.327 e. The Morgan fingerprint density at radius 1 is 1.60 bits per heavy atom. The molecule has 58 valence electrons. The lowest BCUT2D eigenvalue weighted by Crippen LogP contribution is -2.27. The average molecular weight is 139 g/mol. The molecular formula is C9H17N. The first kappa shape index (κ1) is 7.80. The summed E-state index contributed by atoms with van der Waals surface area (Å²) < 4.78 is 0. The molecule has 0 aromatic rings. The zero-order valence-corrected chi connectivity index (χ0v) is 6.93. The third-order valence-corrected chi connectivity index (χ3v) is 2.57. The van der Waals surface area contributed by atoms with E-state index in [1.807, 2.05) is 0 Å². The first-order valence-electron chi connectivity index (χ1n) is 4.14. The van der Waals surface area contributed by atoms with Gasteiger partial charge in [0.25, 0.3) is 0 Å². The van der Waals surface area contributed by atoms with Gasteiger partial charge in [0.15, 0.2) is 0 Å². The predicted octanol–water partition coefficient (Wildman–Crippen LogP) is 2.08. The van der Waals surface area contributed by atoms with Gasteiger partial charge < -0.3 is 5.73 Å². The van der Waals surface area contributed by atoms with Crippen LogP contribution in [0.1, 0.15) is 33.1 Å². The van der Waals surface area contributed by atoms with Gasteiger partial charge in [0, 0.05) is 6.04 Å². The van der Waals surface area contributed by atoms with Gasteiger partial charge in [-0.05, 0) is 32.1 Å². The van der Waals surface area contributed by atoms with Crippen LogP contribution in [0.25, 0.3) is 0 Å². The third kappa shape index (κ3) is 1.60. The molecule has 0 aliphatic heterocycles. The van der Waals surface area contributed by atoms with Gasteiger partial charge in [-0.25, -0.2) is 0 Å². The second-order valence-corrected chi connectivity index (χ2v) is 3.33. The molecule has 2 unspecified atom stereocenters. The molecule has 0 saturated carbocycles. The van der Waals surface area contributed by atoms with Crippen molar-refractivity contribution in [1.82, 2.24) is 0 Å². The quantitative estimate of drug-likeness (QED) is 0.511. The number of allylic oxidation sites excluding steroid dienone is 1. The van der Waals surface area contributed by atoms with Crippen molar-refractivity contribution >= 4 is 0 Å². The molecule has 0 saturated heterocycles. The van der Waals surface area contributed by atoms with Crippen LogP contribution in [0.5, 0.6) is 0 Å². The lowest BCUT2D eigenvalue weighted by atomic mass is 9.94. The van der Waals surface area contributed by atoms with Gasteiger partial charge in [-0.1, -0.05) is 18.6 Å². The molecule has 0 fully saturated rings. The Balaban J connectivity index is 2.62. The van der Waals surface area contributed by atoms with Crippen molar-refractivity contribution in [3.05, 3.63) is 11.6 Å². The van der Waals surface area contributed by atoms with Gasteiger partial charge in [0.2, 0.25) is 0 Å².